The lowest BCUT2D eigenvalue weighted by atomic mass is 10.1. The number of ether oxygens (including phenoxy) is 1. The van der Waals surface area contributed by atoms with Crippen molar-refractivity contribution in [3.63, 3.8) is 0 Å². The molecule has 0 atom stereocenters. The Bertz CT molecular complexity index is 640. The van der Waals surface area contributed by atoms with Crippen molar-refractivity contribution >= 4 is 5.78 Å². The molecule has 0 spiro atoms. The molecular weight excluding hydrogens is 264 g/mol. The molecule has 0 fully saturated rings. The van der Waals surface area contributed by atoms with E-state index >= 15 is 0 Å². The smallest absolute Gasteiger partial charge is 0.176 e. The van der Waals surface area contributed by atoms with Gasteiger partial charge in [-0.3, -0.25) is 14.7 Å². The van der Waals surface area contributed by atoms with Crippen LogP contribution in [0.3, 0.4) is 0 Å². The van der Waals surface area contributed by atoms with Crippen LogP contribution in [0.25, 0.3) is 0 Å². The van der Waals surface area contributed by atoms with E-state index in [2.05, 4.69) is 4.98 Å². The first kappa shape index (κ1) is 13.8. The second kappa shape index (κ2) is 6.06. The third-order valence-electron chi connectivity index (χ3n) is 3.63. The monoisotopic (exact) mass is 282 g/mol. The minimum absolute atomic E-state index is 0.140. The summed E-state index contributed by atoms with van der Waals surface area (Å²) in [6.45, 7) is 1.86. The van der Waals surface area contributed by atoms with Crippen LogP contribution in [0.5, 0.6) is 5.75 Å². The van der Waals surface area contributed by atoms with Crippen molar-refractivity contribution in [3.8, 4) is 5.75 Å². The fraction of sp³-hybridized carbons (Fsp3) is 0.294. The topological polar surface area (TPSA) is 42.4 Å². The standard InChI is InChI=1S/C17H18N2O2/c1-19(11-13-4-7-18-8-5-13)12-16(20)14-2-3-17-15(10-14)6-9-21-17/h2-5,7-8,10H,6,9,11-12H2,1H3. The maximum absolute atomic E-state index is 12.4. The molecule has 1 aromatic carbocycles. The first-order chi connectivity index (χ1) is 10.2. The van der Waals surface area contributed by atoms with Crippen molar-refractivity contribution in [1.82, 2.24) is 9.88 Å². The lowest BCUT2D eigenvalue weighted by Crippen LogP contribution is -2.25. The summed E-state index contributed by atoms with van der Waals surface area (Å²) in [5.41, 5.74) is 3.06. The highest BCUT2D eigenvalue weighted by atomic mass is 16.5. The molecule has 0 bridgehead atoms. The number of carbonyl (C=O) groups is 1. The van der Waals surface area contributed by atoms with Crippen molar-refractivity contribution in [2.45, 2.75) is 13.0 Å². The van der Waals surface area contributed by atoms with Crippen molar-refractivity contribution in [2.24, 2.45) is 0 Å². The number of ketones is 1. The summed E-state index contributed by atoms with van der Waals surface area (Å²) in [7, 11) is 1.95. The van der Waals surface area contributed by atoms with E-state index in [0.717, 1.165) is 42.0 Å². The summed E-state index contributed by atoms with van der Waals surface area (Å²) in [5.74, 6) is 1.05. The van der Waals surface area contributed by atoms with E-state index in [9.17, 15) is 4.79 Å². The van der Waals surface area contributed by atoms with E-state index in [1.165, 1.54) is 0 Å². The Labute approximate surface area is 124 Å². The van der Waals surface area contributed by atoms with E-state index in [1.54, 1.807) is 12.4 Å². The van der Waals surface area contributed by atoms with Gasteiger partial charge in [0.25, 0.3) is 0 Å². The van der Waals surface area contributed by atoms with E-state index in [-0.39, 0.29) is 5.78 Å². The lowest BCUT2D eigenvalue weighted by molar-refractivity contribution is 0.0943. The van der Waals surface area contributed by atoms with Gasteiger partial charge in [-0.15, -0.1) is 0 Å². The van der Waals surface area contributed by atoms with Crippen molar-refractivity contribution in [2.75, 3.05) is 20.2 Å². The maximum Gasteiger partial charge on any atom is 0.176 e. The number of pyridine rings is 1. The van der Waals surface area contributed by atoms with E-state index in [4.69, 9.17) is 4.74 Å². The zero-order chi connectivity index (χ0) is 14.7. The molecule has 3 rings (SSSR count). The molecule has 2 heterocycles. The SMILES string of the molecule is CN(CC(=O)c1ccc2c(c1)CCO2)Cc1ccncc1. The summed E-state index contributed by atoms with van der Waals surface area (Å²) in [4.78, 5) is 18.4. The van der Waals surface area contributed by atoms with Gasteiger partial charge in [0.05, 0.1) is 13.2 Å². The summed E-state index contributed by atoms with van der Waals surface area (Å²) < 4.78 is 5.47. The number of Topliss-reactive ketones (excluding diaryl/α,β-unsaturated/α-hetero) is 1. The van der Waals surface area contributed by atoms with Gasteiger partial charge in [-0.25, -0.2) is 0 Å². The summed E-state index contributed by atoms with van der Waals surface area (Å²) in [5, 5.41) is 0. The molecule has 0 saturated heterocycles. The molecule has 108 valence electrons. The van der Waals surface area contributed by atoms with Crippen molar-refractivity contribution in [1.29, 1.82) is 0 Å². The average molecular weight is 282 g/mol. The Morgan fingerprint density at radius 1 is 1.29 bits per heavy atom. The molecule has 1 aromatic heterocycles. The zero-order valence-electron chi connectivity index (χ0n) is 12.1. The van der Waals surface area contributed by atoms with Crippen LogP contribution in [-0.2, 0) is 13.0 Å². The molecule has 0 amide bonds. The van der Waals surface area contributed by atoms with E-state index in [0.29, 0.717) is 6.54 Å². The molecule has 0 aliphatic carbocycles. The van der Waals surface area contributed by atoms with Crippen LogP contribution in [0.2, 0.25) is 0 Å². The van der Waals surface area contributed by atoms with E-state index < -0.39 is 0 Å². The Hall–Kier alpha value is -2.20. The van der Waals surface area contributed by atoms with Crippen LogP contribution < -0.4 is 4.74 Å². The Morgan fingerprint density at radius 2 is 2.10 bits per heavy atom. The van der Waals surface area contributed by atoms with Gasteiger partial charge in [0.1, 0.15) is 5.75 Å². The summed E-state index contributed by atoms with van der Waals surface area (Å²) >= 11 is 0. The quantitative estimate of drug-likeness (QED) is 0.789. The number of hydrogen-bond acceptors (Lipinski definition) is 4. The number of rotatable bonds is 5. The zero-order valence-corrected chi connectivity index (χ0v) is 12.1. The lowest BCUT2D eigenvalue weighted by Gasteiger charge is -2.16. The van der Waals surface area contributed by atoms with Gasteiger partial charge < -0.3 is 4.74 Å². The predicted octanol–water partition coefficient (Wildman–Crippen LogP) is 2.33. The number of likely N-dealkylation sites (N-methyl/N-ethyl adjacent to an activating group) is 1. The molecule has 21 heavy (non-hydrogen) atoms. The van der Waals surface area contributed by atoms with Crippen LogP contribution in [0, 0.1) is 0 Å². The summed E-state index contributed by atoms with van der Waals surface area (Å²) in [6, 6.07) is 9.65. The minimum Gasteiger partial charge on any atom is -0.493 e. The molecule has 1 aliphatic rings. The highest BCUT2D eigenvalue weighted by Gasteiger charge is 2.16. The Balaban J connectivity index is 1.63. The Morgan fingerprint density at radius 3 is 2.90 bits per heavy atom. The largest absolute Gasteiger partial charge is 0.493 e. The van der Waals surface area contributed by atoms with Crippen molar-refractivity contribution < 1.29 is 9.53 Å². The number of carbonyl (C=O) groups excluding carboxylic acids is 1. The number of fused-ring (bicyclic) bond motifs is 1. The third-order valence-corrected chi connectivity index (χ3v) is 3.63. The third kappa shape index (κ3) is 3.28. The minimum atomic E-state index is 0.140. The van der Waals surface area contributed by atoms with Crippen LogP contribution in [0.15, 0.2) is 42.7 Å². The first-order valence-electron chi connectivity index (χ1n) is 7.09. The number of nitrogens with zero attached hydrogens (tertiary/aromatic N) is 2. The van der Waals surface area contributed by atoms with Crippen molar-refractivity contribution in [3.05, 3.63) is 59.4 Å². The van der Waals surface area contributed by atoms with Crippen LogP contribution >= 0.6 is 0 Å². The fourth-order valence-corrected chi connectivity index (χ4v) is 2.55. The molecule has 1 aliphatic heterocycles. The molecule has 0 N–H and O–H groups in total. The Kier molecular flexibility index (Phi) is 3.97. The van der Waals surface area contributed by atoms with Crippen LogP contribution in [0.1, 0.15) is 21.5 Å². The fourth-order valence-electron chi connectivity index (χ4n) is 2.55. The van der Waals surface area contributed by atoms with Gasteiger partial charge in [0, 0.05) is 30.9 Å². The van der Waals surface area contributed by atoms with Gasteiger partial charge in [-0.2, -0.15) is 0 Å². The average Bonchev–Trinajstić information content (AvgIpc) is 2.95. The van der Waals surface area contributed by atoms with Gasteiger partial charge in [-0.1, -0.05) is 0 Å². The molecular formula is C17H18N2O2. The molecule has 2 aromatic rings. The van der Waals surface area contributed by atoms with Gasteiger partial charge in [0.2, 0.25) is 0 Å². The highest BCUT2D eigenvalue weighted by Crippen LogP contribution is 2.26. The predicted molar refractivity (Wildman–Crippen MR) is 80.5 cm³/mol. The highest BCUT2D eigenvalue weighted by molar-refractivity contribution is 5.98. The molecule has 4 heteroatoms. The van der Waals surface area contributed by atoms with Gasteiger partial charge >= 0.3 is 0 Å². The van der Waals surface area contributed by atoms with E-state index in [1.807, 2.05) is 42.3 Å². The van der Waals surface area contributed by atoms with Gasteiger partial charge in [0.15, 0.2) is 5.78 Å². The normalized spacial score (nSPS) is 13.0. The van der Waals surface area contributed by atoms with Crippen LogP contribution in [0.4, 0.5) is 0 Å². The second-order valence-electron chi connectivity index (χ2n) is 5.37. The molecule has 4 nitrogen and oxygen atoms in total. The molecule has 0 radical (unpaired) electrons. The summed E-state index contributed by atoms with van der Waals surface area (Å²) in [6.07, 6.45) is 4.43. The molecule has 0 unspecified atom stereocenters. The first-order valence-corrected chi connectivity index (χ1v) is 7.09. The number of benzene rings is 1. The van der Waals surface area contributed by atoms with Gasteiger partial charge in [-0.05, 0) is 48.5 Å². The number of aromatic nitrogens is 1. The molecule has 0 saturated carbocycles. The number of hydrogen-bond donors (Lipinski definition) is 0. The van der Waals surface area contributed by atoms with Crippen LogP contribution in [-0.4, -0.2) is 35.9 Å². The maximum atomic E-state index is 12.4. The second-order valence-corrected chi connectivity index (χ2v) is 5.37.